The summed E-state index contributed by atoms with van der Waals surface area (Å²) in [6.07, 6.45) is -9.42. The van der Waals surface area contributed by atoms with E-state index >= 15 is 0 Å². The van der Waals surface area contributed by atoms with Gasteiger partial charge in [0.2, 0.25) is 0 Å². The highest BCUT2D eigenvalue weighted by Gasteiger charge is 2.34. The summed E-state index contributed by atoms with van der Waals surface area (Å²) in [6.45, 7) is 4.20. The van der Waals surface area contributed by atoms with Crippen molar-refractivity contribution in [3.63, 3.8) is 0 Å². The number of halogens is 6. The van der Waals surface area contributed by atoms with Gasteiger partial charge in [0, 0.05) is 36.9 Å². The predicted molar refractivity (Wildman–Crippen MR) is 159 cm³/mol. The van der Waals surface area contributed by atoms with Gasteiger partial charge in [0.15, 0.2) is 0 Å². The molecule has 4 rings (SSSR count). The first kappa shape index (κ1) is 34.6. The molecule has 3 atom stereocenters. The molecule has 3 N–H and O–H groups in total. The van der Waals surface area contributed by atoms with Crippen LogP contribution in [0.25, 0.3) is 0 Å². The van der Waals surface area contributed by atoms with E-state index in [4.69, 9.17) is 4.74 Å². The standard InChI is InChI=1S/C32H34F6N4O4/c1-19-15-42(20(2)18-43)29(44)26-14-25(40-30(45)39-24-10-8-23(9-11-24)32(36,37)38)12-13-27(26)46-28(19)17-41(3)16-21-4-6-22(7-5-21)31(33,34)35/h4-14,19-20,28,43H,15-18H2,1-3H3,(H2,39,40,45)/t19-,20-,28-/m0/s1. The first-order valence-electron chi connectivity index (χ1n) is 14.4. The van der Waals surface area contributed by atoms with E-state index in [-0.39, 0.29) is 41.8 Å². The number of urea groups is 1. The van der Waals surface area contributed by atoms with E-state index in [1.54, 1.807) is 14.0 Å². The van der Waals surface area contributed by atoms with Gasteiger partial charge >= 0.3 is 18.4 Å². The van der Waals surface area contributed by atoms with Gasteiger partial charge in [-0.3, -0.25) is 9.69 Å². The molecule has 46 heavy (non-hydrogen) atoms. The van der Waals surface area contributed by atoms with Crippen LogP contribution in [-0.2, 0) is 18.9 Å². The van der Waals surface area contributed by atoms with Crippen LogP contribution in [0.5, 0.6) is 5.75 Å². The molecule has 0 aromatic heterocycles. The number of alkyl halides is 6. The number of benzene rings is 3. The topological polar surface area (TPSA) is 94.1 Å². The van der Waals surface area contributed by atoms with Gasteiger partial charge in [0.1, 0.15) is 11.9 Å². The molecular formula is C32H34F6N4O4. The van der Waals surface area contributed by atoms with E-state index in [9.17, 15) is 41.0 Å². The number of carbonyl (C=O) groups excluding carboxylic acids is 2. The highest BCUT2D eigenvalue weighted by atomic mass is 19.4. The molecule has 14 heteroatoms. The maximum absolute atomic E-state index is 13.7. The van der Waals surface area contributed by atoms with Gasteiger partial charge < -0.3 is 25.4 Å². The summed E-state index contributed by atoms with van der Waals surface area (Å²) in [4.78, 5) is 29.7. The summed E-state index contributed by atoms with van der Waals surface area (Å²) in [7, 11) is 1.80. The van der Waals surface area contributed by atoms with Crippen LogP contribution in [0.3, 0.4) is 0 Å². The number of likely N-dealkylation sites (N-methyl/N-ethyl adjacent to an activating group) is 1. The van der Waals surface area contributed by atoms with Crippen molar-refractivity contribution in [3.8, 4) is 5.75 Å². The number of nitrogens with one attached hydrogen (secondary N) is 2. The lowest BCUT2D eigenvalue weighted by molar-refractivity contribution is -0.138. The van der Waals surface area contributed by atoms with Gasteiger partial charge in [-0.05, 0) is 74.1 Å². The maximum Gasteiger partial charge on any atom is 0.416 e. The minimum Gasteiger partial charge on any atom is -0.488 e. The highest BCUT2D eigenvalue weighted by molar-refractivity contribution is 6.02. The number of aliphatic hydroxyl groups excluding tert-OH is 1. The molecule has 0 bridgehead atoms. The molecular weight excluding hydrogens is 618 g/mol. The third-order valence-corrected chi connectivity index (χ3v) is 7.62. The Balaban J connectivity index is 1.51. The second-order valence-electron chi connectivity index (χ2n) is 11.4. The van der Waals surface area contributed by atoms with Crippen molar-refractivity contribution in [1.29, 1.82) is 0 Å². The van der Waals surface area contributed by atoms with Crippen molar-refractivity contribution in [2.24, 2.45) is 5.92 Å². The smallest absolute Gasteiger partial charge is 0.416 e. The molecule has 0 radical (unpaired) electrons. The fourth-order valence-corrected chi connectivity index (χ4v) is 5.04. The molecule has 0 saturated carbocycles. The Bertz CT molecular complexity index is 1510. The second kappa shape index (κ2) is 14.0. The minimum atomic E-state index is -4.52. The Kier molecular flexibility index (Phi) is 10.5. The number of hydrogen-bond donors (Lipinski definition) is 3. The molecule has 0 saturated heterocycles. The van der Waals surface area contributed by atoms with E-state index in [1.165, 1.54) is 35.2 Å². The molecule has 8 nitrogen and oxygen atoms in total. The fraction of sp³-hybridized carbons (Fsp3) is 0.375. The van der Waals surface area contributed by atoms with Crippen molar-refractivity contribution in [2.75, 3.05) is 37.4 Å². The number of aliphatic hydroxyl groups is 1. The summed E-state index contributed by atoms with van der Waals surface area (Å²) in [5.74, 6) is -0.423. The molecule has 0 aliphatic carbocycles. The summed E-state index contributed by atoms with van der Waals surface area (Å²) in [6, 6.07) is 11.9. The Morgan fingerprint density at radius 1 is 0.957 bits per heavy atom. The molecule has 3 aromatic carbocycles. The normalized spacial score (nSPS) is 17.9. The Morgan fingerprint density at radius 3 is 2.07 bits per heavy atom. The van der Waals surface area contributed by atoms with Gasteiger partial charge in [0.05, 0.1) is 29.3 Å². The van der Waals surface area contributed by atoms with Crippen LogP contribution in [-0.4, -0.2) is 65.7 Å². The number of carbonyl (C=O) groups is 2. The third-order valence-electron chi connectivity index (χ3n) is 7.62. The van der Waals surface area contributed by atoms with Gasteiger partial charge in [-0.25, -0.2) is 4.79 Å². The molecule has 248 valence electrons. The lowest BCUT2D eigenvalue weighted by Crippen LogP contribution is -2.49. The zero-order chi connectivity index (χ0) is 33.8. The molecule has 0 fully saturated rings. The Labute approximate surface area is 261 Å². The second-order valence-corrected chi connectivity index (χ2v) is 11.4. The number of rotatable bonds is 8. The van der Waals surface area contributed by atoms with E-state index in [1.807, 2.05) is 11.8 Å². The van der Waals surface area contributed by atoms with Gasteiger partial charge in [-0.15, -0.1) is 0 Å². The average molecular weight is 653 g/mol. The predicted octanol–water partition coefficient (Wildman–Crippen LogP) is 6.72. The lowest BCUT2D eigenvalue weighted by atomic mass is 9.99. The molecule has 1 aliphatic rings. The summed E-state index contributed by atoms with van der Waals surface area (Å²) < 4.78 is 83.8. The van der Waals surface area contributed by atoms with E-state index in [0.717, 1.165) is 36.4 Å². The number of fused-ring (bicyclic) bond motifs is 1. The third kappa shape index (κ3) is 8.69. The van der Waals surface area contributed by atoms with Crippen LogP contribution < -0.4 is 15.4 Å². The molecule has 3 aromatic rings. The van der Waals surface area contributed by atoms with Gasteiger partial charge in [-0.2, -0.15) is 26.3 Å². The average Bonchev–Trinajstić information content (AvgIpc) is 2.98. The van der Waals surface area contributed by atoms with Crippen LogP contribution in [0.1, 0.15) is 40.9 Å². The zero-order valence-corrected chi connectivity index (χ0v) is 25.2. The molecule has 1 aliphatic heterocycles. The van der Waals surface area contributed by atoms with E-state index < -0.39 is 47.6 Å². The number of hydrogen-bond acceptors (Lipinski definition) is 5. The van der Waals surface area contributed by atoms with Crippen LogP contribution in [0.15, 0.2) is 66.7 Å². The summed E-state index contributed by atoms with van der Waals surface area (Å²) in [5.41, 5.74) is -0.474. The monoisotopic (exact) mass is 652 g/mol. The molecule has 0 spiro atoms. The summed E-state index contributed by atoms with van der Waals surface area (Å²) >= 11 is 0. The maximum atomic E-state index is 13.7. The first-order valence-corrected chi connectivity index (χ1v) is 14.4. The Morgan fingerprint density at radius 2 is 1.50 bits per heavy atom. The summed E-state index contributed by atoms with van der Waals surface area (Å²) in [5, 5.41) is 14.9. The number of nitrogens with zero attached hydrogens (tertiary/aromatic N) is 2. The van der Waals surface area contributed by atoms with Crippen LogP contribution in [0.4, 0.5) is 42.5 Å². The number of ether oxygens (including phenoxy) is 1. The van der Waals surface area contributed by atoms with Crippen LogP contribution in [0.2, 0.25) is 0 Å². The minimum absolute atomic E-state index is 0.120. The first-order chi connectivity index (χ1) is 21.5. The van der Waals surface area contributed by atoms with Crippen molar-refractivity contribution in [3.05, 3.63) is 89.0 Å². The zero-order valence-electron chi connectivity index (χ0n) is 25.2. The van der Waals surface area contributed by atoms with Crippen LogP contribution >= 0.6 is 0 Å². The fourth-order valence-electron chi connectivity index (χ4n) is 5.04. The highest BCUT2D eigenvalue weighted by Crippen LogP contribution is 2.33. The van der Waals surface area contributed by atoms with Crippen molar-refractivity contribution < 1.29 is 45.8 Å². The number of amides is 3. The SMILES string of the molecule is C[C@H]1CN([C@@H](C)CO)C(=O)c2cc(NC(=O)Nc3ccc(C(F)(F)F)cc3)ccc2O[C@H]1CN(C)Cc1ccc(C(F)(F)F)cc1. The Hall–Kier alpha value is -4.30. The molecule has 3 amide bonds. The quantitative estimate of drug-likeness (QED) is 0.235. The van der Waals surface area contributed by atoms with E-state index in [2.05, 4.69) is 10.6 Å². The number of anilines is 2. The van der Waals surface area contributed by atoms with E-state index in [0.29, 0.717) is 18.7 Å². The van der Waals surface area contributed by atoms with Crippen LogP contribution in [0, 0.1) is 5.92 Å². The van der Waals surface area contributed by atoms with Gasteiger partial charge in [0.25, 0.3) is 5.91 Å². The van der Waals surface area contributed by atoms with Crippen molar-refractivity contribution in [1.82, 2.24) is 9.80 Å². The largest absolute Gasteiger partial charge is 0.488 e. The van der Waals surface area contributed by atoms with Crippen molar-refractivity contribution in [2.45, 2.75) is 44.9 Å². The molecule has 0 unspecified atom stereocenters. The van der Waals surface area contributed by atoms with Crippen molar-refractivity contribution >= 4 is 23.3 Å². The lowest BCUT2D eigenvalue weighted by Gasteiger charge is -2.38. The van der Waals surface area contributed by atoms with Gasteiger partial charge in [-0.1, -0.05) is 19.1 Å². The molecule has 1 heterocycles.